The van der Waals surface area contributed by atoms with Gasteiger partial charge in [-0.05, 0) is 19.4 Å². The zero-order valence-electron chi connectivity index (χ0n) is 14.8. The predicted molar refractivity (Wildman–Crippen MR) is 92.6 cm³/mol. The molecule has 1 N–H and O–H groups in total. The number of nitrogens with zero attached hydrogens (tertiary/aromatic N) is 1. The van der Waals surface area contributed by atoms with Gasteiger partial charge in [-0.2, -0.15) is 0 Å². The zero-order chi connectivity index (χ0) is 17.5. The molecule has 1 aromatic rings. The first kappa shape index (κ1) is 17.0. The Labute approximate surface area is 143 Å². The molecule has 130 valence electrons. The minimum absolute atomic E-state index is 0.0177. The molecule has 5 heteroatoms. The van der Waals surface area contributed by atoms with Crippen molar-refractivity contribution >= 4 is 17.6 Å². The second kappa shape index (κ2) is 6.20. The minimum atomic E-state index is -0.831. The van der Waals surface area contributed by atoms with Gasteiger partial charge >= 0.3 is 5.97 Å². The van der Waals surface area contributed by atoms with Crippen LogP contribution >= 0.6 is 0 Å². The van der Waals surface area contributed by atoms with E-state index in [-0.39, 0.29) is 29.8 Å². The van der Waals surface area contributed by atoms with Crippen LogP contribution in [0.4, 0.5) is 5.69 Å². The molecule has 0 radical (unpaired) electrons. The number of carbonyl (C=O) groups excluding carboxylic acids is 2. The second-order valence-corrected chi connectivity index (χ2v) is 6.80. The summed E-state index contributed by atoms with van der Waals surface area (Å²) >= 11 is 0. The van der Waals surface area contributed by atoms with Gasteiger partial charge < -0.3 is 9.64 Å². The number of benzene rings is 1. The third-order valence-electron chi connectivity index (χ3n) is 5.56. The van der Waals surface area contributed by atoms with E-state index in [1.165, 1.54) is 0 Å². The Morgan fingerprint density at radius 3 is 2.71 bits per heavy atom. The van der Waals surface area contributed by atoms with Crippen LogP contribution in [-0.2, 0) is 19.9 Å². The van der Waals surface area contributed by atoms with E-state index >= 15 is 0 Å². The van der Waals surface area contributed by atoms with E-state index < -0.39 is 5.54 Å². The Morgan fingerprint density at radius 2 is 2.04 bits per heavy atom. The Balaban J connectivity index is 2.08. The number of rotatable bonds is 4. The Bertz CT molecular complexity index is 660. The third kappa shape index (κ3) is 2.18. The summed E-state index contributed by atoms with van der Waals surface area (Å²) in [5.74, 6) is -0.656. The maximum atomic E-state index is 13.2. The highest BCUT2D eigenvalue weighted by Gasteiger charge is 2.62. The van der Waals surface area contributed by atoms with Crippen LogP contribution in [0.2, 0.25) is 0 Å². The van der Waals surface area contributed by atoms with Crippen molar-refractivity contribution < 1.29 is 14.3 Å². The molecule has 5 nitrogen and oxygen atoms in total. The summed E-state index contributed by atoms with van der Waals surface area (Å²) < 4.78 is 5.32. The van der Waals surface area contributed by atoms with Crippen molar-refractivity contribution in [1.29, 1.82) is 0 Å². The number of hydrogen-bond donors (Lipinski definition) is 1. The van der Waals surface area contributed by atoms with Crippen molar-refractivity contribution in [2.75, 3.05) is 18.6 Å². The van der Waals surface area contributed by atoms with Crippen LogP contribution in [0.15, 0.2) is 24.3 Å². The molecule has 24 heavy (non-hydrogen) atoms. The van der Waals surface area contributed by atoms with Crippen LogP contribution < -0.4 is 10.2 Å². The number of nitrogens with one attached hydrogen (secondary N) is 1. The highest BCUT2D eigenvalue weighted by molar-refractivity contribution is 6.08. The average molecular weight is 330 g/mol. The summed E-state index contributed by atoms with van der Waals surface area (Å²) in [6.45, 7) is 6.27. The highest BCUT2D eigenvalue weighted by atomic mass is 16.5. The predicted octanol–water partition coefficient (Wildman–Crippen LogP) is 2.45. The van der Waals surface area contributed by atoms with Crippen molar-refractivity contribution in [3.05, 3.63) is 29.8 Å². The maximum Gasteiger partial charge on any atom is 0.310 e. The molecule has 0 bridgehead atoms. The number of para-hydroxylation sites is 1. The van der Waals surface area contributed by atoms with E-state index in [1.54, 1.807) is 11.9 Å². The van der Waals surface area contributed by atoms with Gasteiger partial charge in [0, 0.05) is 30.3 Å². The number of ether oxygens (including phenoxy) is 1. The van der Waals surface area contributed by atoms with E-state index in [0.29, 0.717) is 6.61 Å². The third-order valence-corrected chi connectivity index (χ3v) is 5.56. The standard InChI is InChI=1S/C19H26N2O3/c1-5-9-14-16(17(22)24-6-2)12(3)19(20-14)13-10-7-8-11-15(13)21(4)18(19)23/h7-8,10-12,14,16,20H,5-6,9H2,1-4H3/t12-,14-,16-,19-/m0/s1. The maximum absolute atomic E-state index is 13.2. The number of likely N-dealkylation sites (N-methyl/N-ethyl adjacent to an activating group) is 1. The first-order valence-electron chi connectivity index (χ1n) is 8.81. The van der Waals surface area contributed by atoms with Gasteiger partial charge in [0.1, 0.15) is 5.54 Å². The fourth-order valence-corrected chi connectivity index (χ4v) is 4.47. The van der Waals surface area contributed by atoms with Gasteiger partial charge in [-0.3, -0.25) is 14.9 Å². The van der Waals surface area contributed by atoms with Crippen molar-refractivity contribution in [2.45, 2.75) is 45.2 Å². The fourth-order valence-electron chi connectivity index (χ4n) is 4.47. The molecule has 0 unspecified atom stereocenters. The largest absolute Gasteiger partial charge is 0.466 e. The lowest BCUT2D eigenvalue weighted by Crippen LogP contribution is -2.51. The summed E-state index contributed by atoms with van der Waals surface area (Å²) in [4.78, 5) is 27.5. The van der Waals surface area contributed by atoms with Crippen LogP contribution in [0.3, 0.4) is 0 Å². The molecule has 4 atom stereocenters. The zero-order valence-corrected chi connectivity index (χ0v) is 14.8. The van der Waals surface area contributed by atoms with Gasteiger partial charge in [-0.1, -0.05) is 38.5 Å². The number of anilines is 1. The SMILES string of the molecule is CCC[C@@H]1N[C@@]2(C(=O)N(C)c3ccccc32)[C@@H](C)[C@@H]1C(=O)OCC. The van der Waals surface area contributed by atoms with Gasteiger partial charge in [-0.15, -0.1) is 0 Å². The quantitative estimate of drug-likeness (QED) is 0.862. The van der Waals surface area contributed by atoms with Crippen LogP contribution in [0.25, 0.3) is 0 Å². The topological polar surface area (TPSA) is 58.6 Å². The molecule has 1 fully saturated rings. The number of hydrogen-bond acceptors (Lipinski definition) is 4. The van der Waals surface area contributed by atoms with Crippen LogP contribution in [-0.4, -0.2) is 31.6 Å². The van der Waals surface area contributed by atoms with E-state index in [4.69, 9.17) is 4.74 Å². The summed E-state index contributed by atoms with van der Waals surface area (Å²) in [7, 11) is 1.80. The van der Waals surface area contributed by atoms with Crippen molar-refractivity contribution in [3.8, 4) is 0 Å². The van der Waals surface area contributed by atoms with Crippen LogP contribution in [0.1, 0.15) is 39.2 Å². The highest BCUT2D eigenvalue weighted by Crippen LogP contribution is 2.51. The molecule has 0 aromatic heterocycles. The summed E-state index contributed by atoms with van der Waals surface area (Å²) in [5, 5.41) is 3.55. The normalized spacial score (nSPS) is 31.6. The fraction of sp³-hybridized carbons (Fsp3) is 0.579. The van der Waals surface area contributed by atoms with E-state index in [9.17, 15) is 9.59 Å². The van der Waals surface area contributed by atoms with Gasteiger partial charge in [0.25, 0.3) is 5.91 Å². The molecular weight excluding hydrogens is 304 g/mol. The number of amides is 1. The Morgan fingerprint density at radius 1 is 1.33 bits per heavy atom. The van der Waals surface area contributed by atoms with Crippen molar-refractivity contribution in [1.82, 2.24) is 5.32 Å². The molecule has 1 spiro atoms. The average Bonchev–Trinajstić information content (AvgIpc) is 2.97. The lowest BCUT2D eigenvalue weighted by Gasteiger charge is -2.29. The van der Waals surface area contributed by atoms with Crippen LogP contribution in [0, 0.1) is 11.8 Å². The van der Waals surface area contributed by atoms with Gasteiger partial charge in [0.2, 0.25) is 0 Å². The molecule has 1 aromatic carbocycles. The molecular formula is C19H26N2O3. The summed E-state index contributed by atoms with van der Waals surface area (Å²) in [5.41, 5.74) is 1.06. The number of carbonyl (C=O) groups is 2. The van der Waals surface area contributed by atoms with Gasteiger partial charge in [0.15, 0.2) is 0 Å². The molecule has 2 aliphatic rings. The first-order valence-corrected chi connectivity index (χ1v) is 8.81. The lowest BCUT2D eigenvalue weighted by atomic mass is 9.76. The Kier molecular flexibility index (Phi) is 4.38. The first-order chi connectivity index (χ1) is 11.5. The number of fused-ring (bicyclic) bond motifs is 2. The van der Waals surface area contributed by atoms with Crippen LogP contribution in [0.5, 0.6) is 0 Å². The smallest absolute Gasteiger partial charge is 0.310 e. The van der Waals surface area contributed by atoms with Gasteiger partial charge in [0.05, 0.1) is 12.5 Å². The van der Waals surface area contributed by atoms with E-state index in [0.717, 1.165) is 24.1 Å². The van der Waals surface area contributed by atoms with E-state index in [2.05, 4.69) is 12.2 Å². The Hall–Kier alpha value is -1.88. The molecule has 2 aliphatic heterocycles. The monoisotopic (exact) mass is 330 g/mol. The molecule has 0 aliphatic carbocycles. The minimum Gasteiger partial charge on any atom is -0.466 e. The van der Waals surface area contributed by atoms with Gasteiger partial charge in [-0.25, -0.2) is 0 Å². The molecule has 1 saturated heterocycles. The summed E-state index contributed by atoms with van der Waals surface area (Å²) in [6.07, 6.45) is 1.79. The molecule has 1 amide bonds. The molecule has 3 rings (SSSR count). The molecule has 2 heterocycles. The van der Waals surface area contributed by atoms with E-state index in [1.807, 2.05) is 38.1 Å². The summed E-state index contributed by atoms with van der Waals surface area (Å²) in [6, 6.07) is 7.80. The lowest BCUT2D eigenvalue weighted by molar-refractivity contribution is -0.150. The van der Waals surface area contributed by atoms with Crippen molar-refractivity contribution in [2.24, 2.45) is 11.8 Å². The number of esters is 1. The molecule has 0 saturated carbocycles. The van der Waals surface area contributed by atoms with Crippen molar-refractivity contribution in [3.63, 3.8) is 0 Å². The second-order valence-electron chi connectivity index (χ2n) is 6.80.